The highest BCUT2D eigenvalue weighted by atomic mass is 32.2. The molecule has 2 heterocycles. The maximum atomic E-state index is 12.2. The summed E-state index contributed by atoms with van der Waals surface area (Å²) < 4.78 is 34.8. The minimum atomic E-state index is -3.31. The SMILES string of the molecule is CCOC(=O)c1ccc(Nc2ccc(Oc3ccc(S(C)(=O)=O)cc3)c(CC3CCCN3C(C)=O)c2)nc1. The van der Waals surface area contributed by atoms with Crippen molar-refractivity contribution in [1.29, 1.82) is 0 Å². The first-order chi connectivity index (χ1) is 18.1. The molecule has 1 aliphatic rings. The molecule has 1 saturated heterocycles. The highest BCUT2D eigenvalue weighted by molar-refractivity contribution is 7.90. The Bertz CT molecular complexity index is 1410. The highest BCUT2D eigenvalue weighted by Gasteiger charge is 2.27. The molecule has 0 aliphatic carbocycles. The number of rotatable bonds is 9. The number of carbonyl (C=O) groups excluding carboxylic acids is 2. The van der Waals surface area contributed by atoms with Crippen LogP contribution in [-0.4, -0.2) is 55.6 Å². The molecule has 1 aromatic heterocycles. The smallest absolute Gasteiger partial charge is 0.339 e. The van der Waals surface area contributed by atoms with Gasteiger partial charge in [0.05, 0.1) is 17.1 Å². The van der Waals surface area contributed by atoms with Crippen LogP contribution in [0, 0.1) is 0 Å². The van der Waals surface area contributed by atoms with Crippen molar-refractivity contribution in [3.63, 3.8) is 0 Å². The number of carbonyl (C=O) groups is 2. The summed E-state index contributed by atoms with van der Waals surface area (Å²) in [6.45, 7) is 4.36. The van der Waals surface area contributed by atoms with E-state index in [0.717, 1.165) is 36.9 Å². The molecule has 9 nitrogen and oxygen atoms in total. The normalized spacial score (nSPS) is 15.2. The van der Waals surface area contributed by atoms with Crippen molar-refractivity contribution in [3.8, 4) is 11.5 Å². The third kappa shape index (κ3) is 6.69. The zero-order valence-corrected chi connectivity index (χ0v) is 22.5. The maximum Gasteiger partial charge on any atom is 0.339 e. The van der Waals surface area contributed by atoms with Crippen LogP contribution in [-0.2, 0) is 25.8 Å². The first kappa shape index (κ1) is 27.1. The number of esters is 1. The van der Waals surface area contributed by atoms with Gasteiger partial charge in [-0.3, -0.25) is 4.79 Å². The number of nitrogens with one attached hydrogen (secondary N) is 1. The molecule has 0 spiro atoms. The second-order valence-corrected chi connectivity index (χ2v) is 11.2. The number of likely N-dealkylation sites (tertiary alicyclic amines) is 1. The Morgan fingerprint density at radius 1 is 1.11 bits per heavy atom. The lowest BCUT2D eigenvalue weighted by molar-refractivity contribution is -0.129. The molecule has 1 unspecified atom stereocenters. The van der Waals surface area contributed by atoms with Gasteiger partial charge in [-0.1, -0.05) is 0 Å². The van der Waals surface area contributed by atoms with Crippen molar-refractivity contribution >= 4 is 33.2 Å². The van der Waals surface area contributed by atoms with Gasteiger partial charge in [-0.05, 0) is 86.3 Å². The average Bonchev–Trinajstić information content (AvgIpc) is 3.34. The lowest BCUT2D eigenvalue weighted by Gasteiger charge is -2.24. The predicted molar refractivity (Wildman–Crippen MR) is 144 cm³/mol. The van der Waals surface area contributed by atoms with E-state index in [2.05, 4.69) is 10.3 Å². The van der Waals surface area contributed by atoms with Gasteiger partial charge >= 0.3 is 5.97 Å². The number of sulfone groups is 1. The van der Waals surface area contributed by atoms with Crippen molar-refractivity contribution in [2.24, 2.45) is 0 Å². The van der Waals surface area contributed by atoms with Gasteiger partial charge in [-0.25, -0.2) is 18.2 Å². The molecule has 1 amide bonds. The molecule has 200 valence electrons. The molecule has 0 bridgehead atoms. The van der Waals surface area contributed by atoms with Gasteiger partial charge in [-0.15, -0.1) is 0 Å². The molecule has 1 fully saturated rings. The average molecular weight is 538 g/mol. The third-order valence-corrected chi connectivity index (χ3v) is 7.45. The molecule has 1 aliphatic heterocycles. The molecular formula is C28H31N3O6S. The highest BCUT2D eigenvalue weighted by Crippen LogP contribution is 2.33. The van der Waals surface area contributed by atoms with E-state index in [1.165, 1.54) is 18.3 Å². The van der Waals surface area contributed by atoms with Crippen LogP contribution < -0.4 is 10.1 Å². The molecule has 2 aromatic carbocycles. The van der Waals surface area contributed by atoms with Crippen LogP contribution in [0.2, 0.25) is 0 Å². The number of aromatic nitrogens is 1. The molecule has 1 N–H and O–H groups in total. The summed E-state index contributed by atoms with van der Waals surface area (Å²) in [5.41, 5.74) is 2.03. The summed E-state index contributed by atoms with van der Waals surface area (Å²) in [6.07, 6.45) is 5.07. The van der Waals surface area contributed by atoms with Gasteiger partial charge < -0.3 is 19.7 Å². The Balaban J connectivity index is 1.59. The zero-order chi connectivity index (χ0) is 27.3. The largest absolute Gasteiger partial charge is 0.462 e. The Hall–Kier alpha value is -3.92. The third-order valence-electron chi connectivity index (χ3n) is 6.32. The van der Waals surface area contributed by atoms with Gasteiger partial charge in [0.15, 0.2) is 9.84 Å². The van der Waals surface area contributed by atoms with Crippen molar-refractivity contribution in [1.82, 2.24) is 9.88 Å². The molecule has 38 heavy (non-hydrogen) atoms. The van der Waals surface area contributed by atoms with Gasteiger partial charge in [0.2, 0.25) is 5.91 Å². The number of amides is 1. The fourth-order valence-electron chi connectivity index (χ4n) is 4.47. The number of nitrogens with zero attached hydrogens (tertiary/aromatic N) is 2. The van der Waals surface area contributed by atoms with Crippen molar-refractivity contribution < 1.29 is 27.5 Å². The van der Waals surface area contributed by atoms with E-state index in [4.69, 9.17) is 9.47 Å². The number of benzene rings is 2. The first-order valence-corrected chi connectivity index (χ1v) is 14.3. The Labute approximate surface area is 222 Å². The standard InChI is InChI=1S/C28H31N3O6S/c1-4-36-28(33)20-7-14-27(29-18-20)30-22-8-13-26(37-24-9-11-25(12-10-24)38(3,34)35)21(16-22)17-23-6-5-15-31(23)19(2)32/h7-14,16,18,23H,4-6,15,17H2,1-3H3,(H,29,30). The Morgan fingerprint density at radius 3 is 2.50 bits per heavy atom. The topological polar surface area (TPSA) is 115 Å². The summed E-state index contributed by atoms with van der Waals surface area (Å²) in [4.78, 5) is 30.5. The summed E-state index contributed by atoms with van der Waals surface area (Å²) in [5, 5.41) is 3.25. The van der Waals surface area contributed by atoms with Gasteiger partial charge in [0, 0.05) is 37.7 Å². The quantitative estimate of drug-likeness (QED) is 0.389. The summed E-state index contributed by atoms with van der Waals surface area (Å²) in [6, 6.07) is 15.3. The lowest BCUT2D eigenvalue weighted by atomic mass is 10.0. The summed E-state index contributed by atoms with van der Waals surface area (Å²) in [5.74, 6) is 1.30. The lowest BCUT2D eigenvalue weighted by Crippen LogP contribution is -2.35. The second kappa shape index (κ2) is 11.6. The van der Waals surface area contributed by atoms with E-state index in [1.807, 2.05) is 23.1 Å². The van der Waals surface area contributed by atoms with Crippen LogP contribution in [0.25, 0.3) is 0 Å². The van der Waals surface area contributed by atoms with Crippen molar-refractivity contribution in [2.75, 3.05) is 24.7 Å². The summed E-state index contributed by atoms with van der Waals surface area (Å²) in [7, 11) is -3.31. The van der Waals surface area contributed by atoms with Gasteiger partial charge in [0.25, 0.3) is 0 Å². The molecule has 0 saturated carbocycles. The Morgan fingerprint density at radius 2 is 1.87 bits per heavy atom. The van der Waals surface area contributed by atoms with Crippen LogP contribution in [0.5, 0.6) is 11.5 Å². The van der Waals surface area contributed by atoms with Crippen molar-refractivity contribution in [2.45, 2.75) is 44.0 Å². The van der Waals surface area contributed by atoms with Gasteiger partial charge in [-0.2, -0.15) is 0 Å². The fraction of sp³-hybridized carbons (Fsp3) is 0.321. The molecular weight excluding hydrogens is 506 g/mol. The van der Waals surface area contributed by atoms with Crippen LogP contribution >= 0.6 is 0 Å². The van der Waals surface area contributed by atoms with Gasteiger partial charge in [0.1, 0.15) is 17.3 Å². The number of anilines is 2. The van der Waals surface area contributed by atoms with E-state index in [0.29, 0.717) is 35.9 Å². The zero-order valence-electron chi connectivity index (χ0n) is 21.6. The minimum Gasteiger partial charge on any atom is -0.462 e. The molecule has 1 atom stereocenters. The van der Waals surface area contributed by atoms with E-state index in [1.54, 1.807) is 38.1 Å². The van der Waals surface area contributed by atoms with Crippen LogP contribution in [0.4, 0.5) is 11.5 Å². The van der Waals surface area contributed by atoms with Crippen molar-refractivity contribution in [3.05, 3.63) is 71.9 Å². The molecule has 0 radical (unpaired) electrons. The molecule has 10 heteroatoms. The van der Waals surface area contributed by atoms with Crippen LogP contribution in [0.15, 0.2) is 65.7 Å². The first-order valence-electron chi connectivity index (χ1n) is 12.4. The second-order valence-electron chi connectivity index (χ2n) is 9.16. The van der Waals surface area contributed by atoms with E-state index >= 15 is 0 Å². The number of pyridine rings is 1. The number of hydrogen-bond donors (Lipinski definition) is 1. The van der Waals surface area contributed by atoms with Crippen LogP contribution in [0.3, 0.4) is 0 Å². The predicted octanol–water partition coefficient (Wildman–Crippen LogP) is 4.75. The van der Waals surface area contributed by atoms with E-state index < -0.39 is 15.8 Å². The van der Waals surface area contributed by atoms with E-state index in [9.17, 15) is 18.0 Å². The fourth-order valence-corrected chi connectivity index (χ4v) is 5.10. The van der Waals surface area contributed by atoms with E-state index in [-0.39, 0.29) is 16.8 Å². The molecule has 3 aromatic rings. The monoisotopic (exact) mass is 537 g/mol. The summed E-state index contributed by atoms with van der Waals surface area (Å²) >= 11 is 0. The number of ether oxygens (including phenoxy) is 2. The number of hydrogen-bond acceptors (Lipinski definition) is 8. The minimum absolute atomic E-state index is 0.0477. The Kier molecular flexibility index (Phi) is 8.31. The maximum absolute atomic E-state index is 12.2. The van der Waals surface area contributed by atoms with Crippen LogP contribution in [0.1, 0.15) is 42.6 Å². The molecule has 4 rings (SSSR count).